The largest absolute Gasteiger partial charge is 0.489 e. The number of hydrogen-bond acceptors (Lipinski definition) is 2. The third-order valence-corrected chi connectivity index (χ3v) is 2.56. The molecule has 2 rings (SSSR count). The van der Waals surface area contributed by atoms with Gasteiger partial charge in [0.1, 0.15) is 24.0 Å². The van der Waals surface area contributed by atoms with Gasteiger partial charge in [0.15, 0.2) is 0 Å². The number of rotatable bonds is 4. The first-order valence-corrected chi connectivity index (χ1v) is 5.55. The van der Waals surface area contributed by atoms with Crippen molar-refractivity contribution in [3.8, 4) is 5.75 Å². The standard InChI is InChI=1S/C14H13F2NO/c15-12-3-6-14(16)11(7-12)9-18-13-4-1-10(8-17)2-5-13/h1-7H,8-9,17H2. The van der Waals surface area contributed by atoms with Gasteiger partial charge in [0, 0.05) is 12.1 Å². The third kappa shape index (κ3) is 3.05. The molecular formula is C14H13F2NO. The van der Waals surface area contributed by atoms with Crippen molar-refractivity contribution in [1.82, 2.24) is 0 Å². The fourth-order valence-electron chi connectivity index (χ4n) is 1.54. The van der Waals surface area contributed by atoms with E-state index in [4.69, 9.17) is 10.5 Å². The van der Waals surface area contributed by atoms with Crippen LogP contribution in [0.5, 0.6) is 5.75 Å². The monoisotopic (exact) mass is 249 g/mol. The van der Waals surface area contributed by atoms with Gasteiger partial charge in [-0.2, -0.15) is 0 Å². The molecule has 94 valence electrons. The second-order valence-corrected chi connectivity index (χ2v) is 3.87. The van der Waals surface area contributed by atoms with E-state index < -0.39 is 11.6 Å². The summed E-state index contributed by atoms with van der Waals surface area (Å²) in [6.45, 7) is 0.449. The average Bonchev–Trinajstić information content (AvgIpc) is 2.40. The number of nitrogens with two attached hydrogens (primary N) is 1. The molecule has 2 aromatic carbocycles. The maximum atomic E-state index is 13.3. The Hall–Kier alpha value is -1.94. The summed E-state index contributed by atoms with van der Waals surface area (Å²) < 4.78 is 31.6. The fourth-order valence-corrected chi connectivity index (χ4v) is 1.54. The van der Waals surface area contributed by atoms with Crippen LogP contribution in [0.15, 0.2) is 42.5 Å². The maximum absolute atomic E-state index is 13.3. The van der Waals surface area contributed by atoms with Crippen LogP contribution in [0.25, 0.3) is 0 Å². The Bertz CT molecular complexity index is 526. The van der Waals surface area contributed by atoms with E-state index in [1.54, 1.807) is 12.1 Å². The summed E-state index contributed by atoms with van der Waals surface area (Å²) in [5.74, 6) is -0.362. The molecule has 0 bridgehead atoms. The predicted octanol–water partition coefficient (Wildman–Crippen LogP) is 3.00. The van der Waals surface area contributed by atoms with Crippen LogP contribution in [0.1, 0.15) is 11.1 Å². The van der Waals surface area contributed by atoms with Crippen LogP contribution in [0.3, 0.4) is 0 Å². The van der Waals surface area contributed by atoms with Gasteiger partial charge in [-0.15, -0.1) is 0 Å². The van der Waals surface area contributed by atoms with Crippen LogP contribution >= 0.6 is 0 Å². The van der Waals surface area contributed by atoms with E-state index in [1.165, 1.54) is 0 Å². The summed E-state index contributed by atoms with van der Waals surface area (Å²) in [6.07, 6.45) is 0. The van der Waals surface area contributed by atoms with Crippen molar-refractivity contribution in [2.45, 2.75) is 13.2 Å². The molecule has 2 N–H and O–H groups in total. The molecule has 0 aliphatic carbocycles. The van der Waals surface area contributed by atoms with Crippen molar-refractivity contribution in [3.63, 3.8) is 0 Å². The Morgan fingerprint density at radius 2 is 1.72 bits per heavy atom. The summed E-state index contributed by atoms with van der Waals surface area (Å²) in [6, 6.07) is 10.5. The molecule has 0 unspecified atom stereocenters. The van der Waals surface area contributed by atoms with Gasteiger partial charge >= 0.3 is 0 Å². The smallest absolute Gasteiger partial charge is 0.130 e. The first-order valence-electron chi connectivity index (χ1n) is 5.55. The third-order valence-electron chi connectivity index (χ3n) is 2.56. The van der Waals surface area contributed by atoms with E-state index in [0.29, 0.717) is 12.3 Å². The molecule has 18 heavy (non-hydrogen) atoms. The minimum absolute atomic E-state index is 0.00837. The molecule has 0 aromatic heterocycles. The van der Waals surface area contributed by atoms with E-state index in [9.17, 15) is 8.78 Å². The Balaban J connectivity index is 2.04. The Labute approximate surface area is 104 Å². The Morgan fingerprint density at radius 1 is 1.00 bits per heavy atom. The minimum atomic E-state index is -0.478. The van der Waals surface area contributed by atoms with E-state index >= 15 is 0 Å². The van der Waals surface area contributed by atoms with Gasteiger partial charge in [0.2, 0.25) is 0 Å². The fraction of sp³-hybridized carbons (Fsp3) is 0.143. The van der Waals surface area contributed by atoms with Gasteiger partial charge in [-0.3, -0.25) is 0 Å². The highest BCUT2D eigenvalue weighted by molar-refractivity contribution is 5.27. The minimum Gasteiger partial charge on any atom is -0.489 e. The van der Waals surface area contributed by atoms with Crippen molar-refractivity contribution in [2.75, 3.05) is 0 Å². The molecule has 0 spiro atoms. The van der Waals surface area contributed by atoms with Crippen LogP contribution in [0.2, 0.25) is 0 Å². The van der Waals surface area contributed by atoms with E-state index in [1.807, 2.05) is 12.1 Å². The molecule has 0 heterocycles. The van der Waals surface area contributed by atoms with E-state index in [2.05, 4.69) is 0 Å². The van der Waals surface area contributed by atoms with Crippen LogP contribution in [0.4, 0.5) is 8.78 Å². The molecule has 0 amide bonds. The lowest BCUT2D eigenvalue weighted by atomic mass is 10.2. The molecule has 0 saturated heterocycles. The van der Waals surface area contributed by atoms with E-state index in [-0.39, 0.29) is 12.2 Å². The quantitative estimate of drug-likeness (QED) is 0.904. The zero-order chi connectivity index (χ0) is 13.0. The highest BCUT2D eigenvalue weighted by atomic mass is 19.1. The molecule has 0 aliphatic heterocycles. The molecule has 0 saturated carbocycles. The SMILES string of the molecule is NCc1ccc(OCc2cc(F)ccc2F)cc1. The van der Waals surface area contributed by atoms with Gasteiger partial charge in [0.05, 0.1) is 0 Å². The van der Waals surface area contributed by atoms with Crippen molar-refractivity contribution in [1.29, 1.82) is 0 Å². The Morgan fingerprint density at radius 3 is 2.39 bits per heavy atom. The first-order chi connectivity index (χ1) is 8.69. The molecule has 0 radical (unpaired) electrons. The van der Waals surface area contributed by atoms with Gasteiger partial charge in [-0.25, -0.2) is 8.78 Å². The molecule has 0 atom stereocenters. The Kier molecular flexibility index (Phi) is 3.89. The number of ether oxygens (including phenoxy) is 1. The van der Waals surface area contributed by atoms with Crippen LogP contribution in [0, 0.1) is 11.6 Å². The van der Waals surface area contributed by atoms with Crippen LogP contribution < -0.4 is 10.5 Å². The van der Waals surface area contributed by atoms with Gasteiger partial charge in [0.25, 0.3) is 0 Å². The molecule has 0 aliphatic rings. The normalized spacial score (nSPS) is 10.4. The number of hydrogen-bond donors (Lipinski definition) is 1. The molecule has 0 fully saturated rings. The lowest BCUT2D eigenvalue weighted by molar-refractivity contribution is 0.299. The van der Waals surface area contributed by atoms with Gasteiger partial charge in [-0.1, -0.05) is 12.1 Å². The molecular weight excluding hydrogens is 236 g/mol. The highest BCUT2D eigenvalue weighted by Gasteiger charge is 2.04. The zero-order valence-corrected chi connectivity index (χ0v) is 9.70. The number of benzene rings is 2. The van der Waals surface area contributed by atoms with E-state index in [0.717, 1.165) is 23.8 Å². The zero-order valence-electron chi connectivity index (χ0n) is 9.70. The highest BCUT2D eigenvalue weighted by Crippen LogP contribution is 2.16. The summed E-state index contributed by atoms with van der Waals surface area (Å²) in [4.78, 5) is 0. The predicted molar refractivity (Wildman–Crippen MR) is 65.0 cm³/mol. The maximum Gasteiger partial charge on any atom is 0.130 e. The topological polar surface area (TPSA) is 35.2 Å². The van der Waals surface area contributed by atoms with Crippen LogP contribution in [-0.4, -0.2) is 0 Å². The van der Waals surface area contributed by atoms with Crippen molar-refractivity contribution < 1.29 is 13.5 Å². The number of halogens is 2. The second-order valence-electron chi connectivity index (χ2n) is 3.87. The summed E-state index contributed by atoms with van der Waals surface area (Å²) in [5.41, 5.74) is 6.65. The lowest BCUT2D eigenvalue weighted by Gasteiger charge is -2.07. The summed E-state index contributed by atoms with van der Waals surface area (Å²) >= 11 is 0. The average molecular weight is 249 g/mol. The summed E-state index contributed by atoms with van der Waals surface area (Å²) in [5, 5.41) is 0. The summed E-state index contributed by atoms with van der Waals surface area (Å²) in [7, 11) is 0. The van der Waals surface area contributed by atoms with Gasteiger partial charge < -0.3 is 10.5 Å². The van der Waals surface area contributed by atoms with Crippen LogP contribution in [-0.2, 0) is 13.2 Å². The molecule has 4 heteroatoms. The second kappa shape index (κ2) is 5.60. The lowest BCUT2D eigenvalue weighted by Crippen LogP contribution is -2.00. The van der Waals surface area contributed by atoms with Crippen molar-refractivity contribution in [2.24, 2.45) is 5.73 Å². The first kappa shape index (κ1) is 12.5. The molecule has 2 nitrogen and oxygen atoms in total. The molecule has 2 aromatic rings. The van der Waals surface area contributed by atoms with Crippen molar-refractivity contribution in [3.05, 3.63) is 65.2 Å². The van der Waals surface area contributed by atoms with Crippen molar-refractivity contribution >= 4 is 0 Å². The van der Waals surface area contributed by atoms with Gasteiger partial charge in [-0.05, 0) is 35.9 Å².